The molecule has 0 aliphatic carbocycles. The summed E-state index contributed by atoms with van der Waals surface area (Å²) in [5.41, 5.74) is 0.281. The zero-order chi connectivity index (χ0) is 23.6. The number of para-hydroxylation sites is 1. The monoisotopic (exact) mass is 530 g/mol. The van der Waals surface area contributed by atoms with Crippen molar-refractivity contribution in [2.24, 2.45) is 10.2 Å². The maximum absolute atomic E-state index is 14.5. The van der Waals surface area contributed by atoms with E-state index in [-0.39, 0.29) is 22.2 Å². The fourth-order valence-electron chi connectivity index (χ4n) is 3.17. The van der Waals surface area contributed by atoms with Crippen molar-refractivity contribution in [2.45, 2.75) is 4.90 Å². The number of benzene rings is 3. The number of carbonyl (C=O) groups is 1. The second kappa shape index (κ2) is 9.12. The summed E-state index contributed by atoms with van der Waals surface area (Å²) in [5, 5.41) is 18.0. The number of hydrogen-bond donors (Lipinski definition) is 2. The van der Waals surface area contributed by atoms with Gasteiger partial charge in [0, 0.05) is 9.86 Å². The summed E-state index contributed by atoms with van der Waals surface area (Å²) in [6.07, 6.45) is 0. The van der Waals surface area contributed by atoms with E-state index < -0.39 is 28.3 Å². The Balaban J connectivity index is 1.69. The van der Waals surface area contributed by atoms with Crippen LogP contribution in [0, 0.1) is 5.82 Å². The van der Waals surface area contributed by atoms with Crippen LogP contribution in [0.1, 0.15) is 0 Å². The average Bonchev–Trinajstić information content (AvgIpc) is 3.11. The number of fused-ring (bicyclic) bond motifs is 1. The van der Waals surface area contributed by atoms with Crippen molar-refractivity contribution in [2.75, 3.05) is 10.8 Å². The minimum absolute atomic E-state index is 0.0167. The summed E-state index contributed by atoms with van der Waals surface area (Å²) in [7, 11) is -4.28. The van der Waals surface area contributed by atoms with Crippen LogP contribution in [0.25, 0.3) is 10.9 Å². The molecule has 1 amide bonds. The molecule has 0 atom stereocenters. The topological polar surface area (TPSA) is 115 Å². The van der Waals surface area contributed by atoms with Gasteiger partial charge in [0.25, 0.3) is 15.9 Å². The zero-order valence-electron chi connectivity index (χ0n) is 16.8. The van der Waals surface area contributed by atoms with Gasteiger partial charge in [0.05, 0.1) is 16.1 Å². The SMILES string of the molecule is O=C(CN(c1ccccc1F)S(=O)(=O)c1ccccc1)N=Nc1c(O)[nH]c2ccc(Br)cc12. The lowest BCUT2D eigenvalue weighted by atomic mass is 10.2. The third-order valence-corrected chi connectivity index (χ3v) is 6.97. The number of sulfonamides is 1. The molecule has 0 radical (unpaired) electrons. The molecule has 0 aliphatic heterocycles. The van der Waals surface area contributed by atoms with Gasteiger partial charge in [-0.15, -0.1) is 10.2 Å². The van der Waals surface area contributed by atoms with Gasteiger partial charge in [0.1, 0.15) is 12.4 Å². The number of hydrogen-bond acceptors (Lipinski definition) is 5. The normalized spacial score (nSPS) is 11.8. The Labute approximate surface area is 196 Å². The van der Waals surface area contributed by atoms with Gasteiger partial charge in [0.15, 0.2) is 5.69 Å². The quantitative estimate of drug-likeness (QED) is 0.330. The van der Waals surface area contributed by atoms with Crippen molar-refractivity contribution >= 4 is 54.1 Å². The van der Waals surface area contributed by atoms with E-state index in [2.05, 4.69) is 31.1 Å². The predicted molar refractivity (Wildman–Crippen MR) is 125 cm³/mol. The Morgan fingerprint density at radius 1 is 1.06 bits per heavy atom. The number of aromatic amines is 1. The summed E-state index contributed by atoms with van der Waals surface area (Å²) in [5.74, 6) is -2.08. The molecule has 0 saturated heterocycles. The van der Waals surface area contributed by atoms with E-state index in [1.165, 1.54) is 42.5 Å². The molecule has 8 nitrogen and oxygen atoms in total. The van der Waals surface area contributed by atoms with Crippen LogP contribution in [0.4, 0.5) is 15.8 Å². The Morgan fingerprint density at radius 2 is 1.76 bits per heavy atom. The molecular formula is C22H16BrFN4O4S. The van der Waals surface area contributed by atoms with Crippen LogP contribution in [0.15, 0.2) is 92.4 Å². The Hall–Kier alpha value is -3.57. The highest BCUT2D eigenvalue weighted by atomic mass is 79.9. The number of rotatable bonds is 6. The second-order valence-electron chi connectivity index (χ2n) is 6.88. The Bertz CT molecular complexity index is 1470. The van der Waals surface area contributed by atoms with Crippen molar-refractivity contribution in [1.29, 1.82) is 0 Å². The number of nitrogens with one attached hydrogen (secondary N) is 1. The number of carbonyl (C=O) groups excluding carboxylic acids is 1. The minimum atomic E-state index is -4.28. The highest BCUT2D eigenvalue weighted by molar-refractivity contribution is 9.10. The van der Waals surface area contributed by atoms with E-state index in [0.29, 0.717) is 15.2 Å². The van der Waals surface area contributed by atoms with Gasteiger partial charge in [-0.25, -0.2) is 12.8 Å². The van der Waals surface area contributed by atoms with Crippen LogP contribution >= 0.6 is 15.9 Å². The van der Waals surface area contributed by atoms with Crippen molar-refractivity contribution < 1.29 is 22.7 Å². The van der Waals surface area contributed by atoms with Gasteiger partial charge in [-0.2, -0.15) is 0 Å². The number of H-pyrrole nitrogens is 1. The third kappa shape index (κ3) is 4.64. The number of aromatic nitrogens is 1. The lowest BCUT2D eigenvalue weighted by Crippen LogP contribution is -2.35. The Kier molecular flexibility index (Phi) is 6.25. The molecule has 2 N–H and O–H groups in total. The standard InChI is InChI=1S/C22H16BrFN4O4S/c23-14-10-11-18-16(12-14)21(22(30)25-18)27-26-20(29)13-28(19-9-5-4-8-17(19)24)33(31,32)15-6-2-1-3-7-15/h1-12,25,30H,13H2. The van der Waals surface area contributed by atoms with E-state index in [1.54, 1.807) is 24.3 Å². The van der Waals surface area contributed by atoms with Gasteiger partial charge in [-0.3, -0.25) is 9.10 Å². The molecule has 33 heavy (non-hydrogen) atoms. The number of azo groups is 1. The minimum Gasteiger partial charge on any atom is -0.493 e. The van der Waals surface area contributed by atoms with Crippen LogP contribution in [-0.4, -0.2) is 31.0 Å². The van der Waals surface area contributed by atoms with Gasteiger partial charge in [0.2, 0.25) is 5.88 Å². The van der Waals surface area contributed by atoms with Gasteiger partial charge < -0.3 is 10.1 Å². The maximum Gasteiger partial charge on any atom is 0.285 e. The van der Waals surface area contributed by atoms with Gasteiger partial charge >= 0.3 is 0 Å². The van der Waals surface area contributed by atoms with E-state index >= 15 is 0 Å². The van der Waals surface area contributed by atoms with E-state index in [9.17, 15) is 22.7 Å². The highest BCUT2D eigenvalue weighted by Gasteiger charge is 2.29. The Morgan fingerprint density at radius 3 is 2.48 bits per heavy atom. The largest absolute Gasteiger partial charge is 0.493 e. The molecule has 0 unspecified atom stereocenters. The summed E-state index contributed by atoms with van der Waals surface area (Å²) in [4.78, 5) is 15.2. The molecule has 4 aromatic rings. The van der Waals surface area contributed by atoms with Crippen molar-refractivity contribution in [3.8, 4) is 5.88 Å². The zero-order valence-corrected chi connectivity index (χ0v) is 19.2. The van der Waals surface area contributed by atoms with E-state index in [1.807, 2.05) is 0 Å². The lowest BCUT2D eigenvalue weighted by Gasteiger charge is -2.23. The first-order valence-electron chi connectivity index (χ1n) is 9.54. The molecule has 0 bridgehead atoms. The molecular weight excluding hydrogens is 515 g/mol. The van der Waals surface area contributed by atoms with Crippen molar-refractivity contribution in [3.05, 3.63) is 83.1 Å². The lowest BCUT2D eigenvalue weighted by molar-refractivity contribution is -0.116. The van der Waals surface area contributed by atoms with Crippen molar-refractivity contribution in [3.63, 3.8) is 0 Å². The second-order valence-corrected chi connectivity index (χ2v) is 9.66. The smallest absolute Gasteiger partial charge is 0.285 e. The number of nitrogens with zero attached hydrogens (tertiary/aromatic N) is 3. The van der Waals surface area contributed by atoms with Crippen LogP contribution in [0.3, 0.4) is 0 Å². The fraction of sp³-hybridized carbons (Fsp3) is 0.0455. The first-order valence-corrected chi connectivity index (χ1v) is 11.8. The first-order chi connectivity index (χ1) is 15.8. The molecule has 4 rings (SSSR count). The van der Waals surface area contributed by atoms with E-state index in [4.69, 9.17) is 0 Å². The molecule has 11 heteroatoms. The summed E-state index contributed by atoms with van der Waals surface area (Å²) in [6, 6.07) is 17.7. The fourth-order valence-corrected chi connectivity index (χ4v) is 4.97. The number of halogens is 2. The molecule has 0 aliphatic rings. The summed E-state index contributed by atoms with van der Waals surface area (Å²) >= 11 is 3.32. The van der Waals surface area contributed by atoms with Gasteiger partial charge in [-0.1, -0.05) is 46.3 Å². The van der Waals surface area contributed by atoms with Crippen LogP contribution in [0.5, 0.6) is 5.88 Å². The third-order valence-electron chi connectivity index (χ3n) is 4.71. The molecule has 1 heterocycles. The number of aromatic hydroxyl groups is 1. The van der Waals surface area contributed by atoms with Crippen LogP contribution in [0.2, 0.25) is 0 Å². The molecule has 0 saturated carbocycles. The molecule has 168 valence electrons. The maximum atomic E-state index is 14.5. The summed E-state index contributed by atoms with van der Waals surface area (Å²) in [6.45, 7) is -0.797. The average molecular weight is 531 g/mol. The molecule has 0 fully saturated rings. The first kappa shape index (κ1) is 22.6. The van der Waals surface area contributed by atoms with E-state index in [0.717, 1.165) is 10.5 Å². The number of amides is 1. The van der Waals surface area contributed by atoms with Gasteiger partial charge in [-0.05, 0) is 42.5 Å². The van der Waals surface area contributed by atoms with Crippen molar-refractivity contribution in [1.82, 2.24) is 4.98 Å². The van der Waals surface area contributed by atoms with Crippen LogP contribution in [-0.2, 0) is 14.8 Å². The molecule has 3 aromatic carbocycles. The molecule has 1 aromatic heterocycles. The number of anilines is 1. The van der Waals surface area contributed by atoms with Crippen LogP contribution < -0.4 is 4.31 Å². The summed E-state index contributed by atoms with van der Waals surface area (Å²) < 4.78 is 42.3. The predicted octanol–water partition coefficient (Wildman–Crippen LogP) is 5.28. The molecule has 0 spiro atoms. The highest BCUT2D eigenvalue weighted by Crippen LogP contribution is 2.37.